The molecule has 8 heteroatoms. The molecule has 1 saturated carbocycles. The first-order valence-corrected chi connectivity index (χ1v) is 11.9. The van der Waals surface area contributed by atoms with Crippen LogP contribution >= 0.6 is 0 Å². The zero-order chi connectivity index (χ0) is 24.3. The van der Waals surface area contributed by atoms with Crippen LogP contribution in [0.25, 0.3) is 0 Å². The van der Waals surface area contributed by atoms with Gasteiger partial charge in [-0.2, -0.15) is 13.2 Å². The van der Waals surface area contributed by atoms with E-state index in [1.54, 1.807) is 0 Å². The monoisotopic (exact) mass is 476 g/mol. The van der Waals surface area contributed by atoms with E-state index in [0.717, 1.165) is 42.7 Å². The zero-order valence-electron chi connectivity index (χ0n) is 19.6. The molecule has 0 N–H and O–H groups in total. The highest BCUT2D eigenvalue weighted by molar-refractivity contribution is 5.83. The Balaban J connectivity index is 1.26. The number of hydrogen-bond donors (Lipinski definition) is 0. The number of ketones is 1. The quantitative estimate of drug-likeness (QED) is 0.554. The highest BCUT2D eigenvalue weighted by atomic mass is 19.4. The number of Topliss-reactive ketones (excluding diaryl/α,β-unsaturated/α-hetero) is 1. The van der Waals surface area contributed by atoms with E-state index in [2.05, 4.69) is 35.9 Å². The van der Waals surface area contributed by atoms with Gasteiger partial charge in [0.2, 0.25) is 5.88 Å². The van der Waals surface area contributed by atoms with Gasteiger partial charge < -0.3 is 14.4 Å². The van der Waals surface area contributed by atoms with Crippen molar-refractivity contribution in [2.24, 2.45) is 5.92 Å². The molecule has 2 aromatic rings. The summed E-state index contributed by atoms with van der Waals surface area (Å²) in [5, 5.41) is 0. The number of pyridine rings is 1. The van der Waals surface area contributed by atoms with Gasteiger partial charge in [0.1, 0.15) is 11.9 Å². The van der Waals surface area contributed by atoms with Crippen LogP contribution in [0, 0.1) is 5.92 Å². The van der Waals surface area contributed by atoms with Gasteiger partial charge in [0.15, 0.2) is 0 Å². The Morgan fingerprint density at radius 2 is 1.71 bits per heavy atom. The van der Waals surface area contributed by atoms with Crippen molar-refractivity contribution < 1.29 is 27.4 Å². The maximum absolute atomic E-state index is 12.9. The molecule has 1 aliphatic carbocycles. The number of nitrogens with zero attached hydrogens (tertiary/aromatic N) is 2. The Kier molecular flexibility index (Phi) is 7.45. The van der Waals surface area contributed by atoms with E-state index in [0.29, 0.717) is 32.1 Å². The number of morpholine rings is 1. The van der Waals surface area contributed by atoms with Crippen molar-refractivity contribution >= 4 is 11.5 Å². The molecule has 2 atom stereocenters. The number of carbonyl (C=O) groups is 1. The van der Waals surface area contributed by atoms with E-state index < -0.39 is 11.7 Å². The molecule has 0 radical (unpaired) electrons. The standard InChI is InChI=1S/C26H31F3N2O3/c1-17-15-31(16-18(2)33-17)22-7-3-19(4-8-22)13-24(32)20-5-9-23(10-6-20)34-25-14-21(11-12-30-25)26(27,28)29/h3-4,7-8,11-12,14,17-18,20,23H,5-6,9-10,13,15-16H2,1-2H3/t17-,18+,20?,23?. The molecule has 0 unspecified atom stereocenters. The van der Waals surface area contributed by atoms with Crippen LogP contribution in [0.4, 0.5) is 18.9 Å². The summed E-state index contributed by atoms with van der Waals surface area (Å²) in [6.45, 7) is 5.85. The van der Waals surface area contributed by atoms with Gasteiger partial charge in [0.05, 0.1) is 17.8 Å². The predicted octanol–water partition coefficient (Wildman–Crippen LogP) is 5.46. The Hall–Kier alpha value is -2.61. The third-order valence-electron chi connectivity index (χ3n) is 6.58. The van der Waals surface area contributed by atoms with Crippen molar-refractivity contribution in [3.05, 3.63) is 53.7 Å². The van der Waals surface area contributed by atoms with Crippen molar-refractivity contribution in [2.45, 2.75) is 70.4 Å². The number of alkyl halides is 3. The second-order valence-corrected chi connectivity index (χ2v) is 9.44. The lowest BCUT2D eigenvalue weighted by Crippen LogP contribution is -2.45. The molecule has 1 aliphatic heterocycles. The zero-order valence-corrected chi connectivity index (χ0v) is 19.6. The van der Waals surface area contributed by atoms with Crippen LogP contribution in [-0.2, 0) is 22.1 Å². The van der Waals surface area contributed by atoms with Crippen molar-refractivity contribution in [3.63, 3.8) is 0 Å². The molecule has 0 bridgehead atoms. The summed E-state index contributed by atoms with van der Waals surface area (Å²) in [6.07, 6.45) is -0.183. The molecule has 2 fully saturated rings. The molecule has 1 aromatic carbocycles. The number of ether oxygens (including phenoxy) is 2. The van der Waals surface area contributed by atoms with E-state index >= 15 is 0 Å². The lowest BCUT2D eigenvalue weighted by atomic mass is 9.83. The predicted molar refractivity (Wildman–Crippen MR) is 123 cm³/mol. The number of aromatic nitrogens is 1. The summed E-state index contributed by atoms with van der Waals surface area (Å²) in [7, 11) is 0. The molecule has 0 spiro atoms. The van der Waals surface area contributed by atoms with Crippen LogP contribution in [0.5, 0.6) is 5.88 Å². The third kappa shape index (κ3) is 6.29. The van der Waals surface area contributed by atoms with Crippen LogP contribution in [0.3, 0.4) is 0 Å². The Labute approximate surface area is 198 Å². The van der Waals surface area contributed by atoms with Crippen molar-refractivity contribution in [1.29, 1.82) is 0 Å². The van der Waals surface area contributed by atoms with Crippen molar-refractivity contribution in [1.82, 2.24) is 4.98 Å². The lowest BCUT2D eigenvalue weighted by Gasteiger charge is -2.36. The number of halogens is 3. The minimum atomic E-state index is -4.43. The van der Waals surface area contributed by atoms with Gasteiger partial charge in [-0.05, 0) is 63.3 Å². The molecule has 1 saturated heterocycles. The molecule has 184 valence electrons. The molecule has 2 heterocycles. The average molecular weight is 477 g/mol. The summed E-state index contributed by atoms with van der Waals surface area (Å²) in [5.74, 6) is 0.140. The first kappa shape index (κ1) is 24.5. The number of carbonyl (C=O) groups excluding carboxylic acids is 1. The molecule has 0 amide bonds. The molecular weight excluding hydrogens is 445 g/mol. The van der Waals surface area contributed by atoms with E-state index in [-0.39, 0.29) is 35.9 Å². The summed E-state index contributed by atoms with van der Waals surface area (Å²) < 4.78 is 50.1. The second-order valence-electron chi connectivity index (χ2n) is 9.44. The van der Waals surface area contributed by atoms with Crippen LogP contribution < -0.4 is 9.64 Å². The van der Waals surface area contributed by atoms with E-state index in [1.165, 1.54) is 0 Å². The molecule has 1 aromatic heterocycles. The van der Waals surface area contributed by atoms with Gasteiger partial charge in [-0.15, -0.1) is 0 Å². The first-order valence-electron chi connectivity index (χ1n) is 11.9. The topological polar surface area (TPSA) is 51.7 Å². The summed E-state index contributed by atoms with van der Waals surface area (Å²) in [4.78, 5) is 19.1. The number of rotatable bonds is 6. The minimum absolute atomic E-state index is 0.0197. The van der Waals surface area contributed by atoms with Crippen LogP contribution in [0.1, 0.15) is 50.7 Å². The fraction of sp³-hybridized carbons (Fsp3) is 0.538. The third-order valence-corrected chi connectivity index (χ3v) is 6.58. The van der Waals surface area contributed by atoms with Crippen LogP contribution in [0.15, 0.2) is 42.6 Å². The maximum Gasteiger partial charge on any atom is 0.416 e. The maximum atomic E-state index is 12.9. The molecule has 5 nitrogen and oxygen atoms in total. The fourth-order valence-electron chi connectivity index (χ4n) is 4.88. The Morgan fingerprint density at radius 3 is 2.32 bits per heavy atom. The van der Waals surface area contributed by atoms with Gasteiger partial charge in [0, 0.05) is 43.4 Å². The SMILES string of the molecule is C[C@@H]1CN(c2ccc(CC(=O)C3CCC(Oc4cc(C(F)(F)F)ccn4)CC3)cc2)C[C@H](C)O1. The smallest absolute Gasteiger partial charge is 0.416 e. The number of benzene rings is 1. The largest absolute Gasteiger partial charge is 0.474 e. The fourth-order valence-corrected chi connectivity index (χ4v) is 4.88. The number of anilines is 1. The normalized spacial score (nSPS) is 25.7. The molecule has 34 heavy (non-hydrogen) atoms. The van der Waals surface area contributed by atoms with Crippen molar-refractivity contribution in [2.75, 3.05) is 18.0 Å². The molecule has 2 aliphatic rings. The van der Waals surface area contributed by atoms with Gasteiger partial charge in [-0.25, -0.2) is 4.98 Å². The van der Waals surface area contributed by atoms with Crippen LogP contribution in [-0.4, -0.2) is 42.2 Å². The van der Waals surface area contributed by atoms with Gasteiger partial charge in [0.25, 0.3) is 0 Å². The van der Waals surface area contributed by atoms with E-state index in [9.17, 15) is 18.0 Å². The van der Waals surface area contributed by atoms with Gasteiger partial charge in [-0.1, -0.05) is 12.1 Å². The second kappa shape index (κ2) is 10.3. The Bertz CT molecular complexity index is 962. The highest BCUT2D eigenvalue weighted by Crippen LogP contribution is 2.33. The summed E-state index contributed by atoms with van der Waals surface area (Å²) in [5.41, 5.74) is 1.36. The summed E-state index contributed by atoms with van der Waals surface area (Å²) in [6, 6.07) is 10.0. The summed E-state index contributed by atoms with van der Waals surface area (Å²) >= 11 is 0. The van der Waals surface area contributed by atoms with E-state index in [4.69, 9.17) is 9.47 Å². The number of hydrogen-bond acceptors (Lipinski definition) is 5. The van der Waals surface area contributed by atoms with Gasteiger partial charge >= 0.3 is 6.18 Å². The Morgan fingerprint density at radius 1 is 1.06 bits per heavy atom. The van der Waals surface area contributed by atoms with Crippen molar-refractivity contribution in [3.8, 4) is 5.88 Å². The average Bonchev–Trinajstić information content (AvgIpc) is 2.79. The highest BCUT2D eigenvalue weighted by Gasteiger charge is 2.32. The van der Waals surface area contributed by atoms with Gasteiger partial charge in [-0.3, -0.25) is 4.79 Å². The lowest BCUT2D eigenvalue weighted by molar-refractivity contribution is -0.137. The molecule has 4 rings (SSSR count). The minimum Gasteiger partial charge on any atom is -0.474 e. The molecular formula is C26H31F3N2O3. The van der Waals surface area contributed by atoms with E-state index in [1.807, 2.05) is 12.1 Å². The first-order chi connectivity index (χ1) is 16.2. The van der Waals surface area contributed by atoms with Crippen LogP contribution in [0.2, 0.25) is 0 Å².